The van der Waals surface area contributed by atoms with Crippen molar-refractivity contribution in [1.82, 2.24) is 20.0 Å². The number of carbonyl (C=O) groups excluding carboxylic acids is 2. The SMILES string of the molecule is CC/N=C(C(=O)Nc1cnccc1-n1ccnc1C)\C(N)=N/NC(=O)OCc1ccccc1. The van der Waals surface area contributed by atoms with Gasteiger partial charge in [-0.3, -0.25) is 14.8 Å². The molecule has 0 aliphatic carbocycles. The summed E-state index contributed by atoms with van der Waals surface area (Å²) in [5, 5.41) is 6.49. The Hall–Kier alpha value is -4.54. The number of amides is 2. The van der Waals surface area contributed by atoms with Crippen LogP contribution in [0.1, 0.15) is 18.3 Å². The first-order valence-electron chi connectivity index (χ1n) is 10.1. The van der Waals surface area contributed by atoms with Gasteiger partial charge in [-0.1, -0.05) is 30.3 Å². The number of benzene rings is 1. The molecule has 0 saturated carbocycles. The smallest absolute Gasteiger partial charge is 0.428 e. The number of hydrogen-bond donors (Lipinski definition) is 3. The van der Waals surface area contributed by atoms with Crippen LogP contribution in [0.25, 0.3) is 5.69 Å². The van der Waals surface area contributed by atoms with E-state index in [1.54, 1.807) is 36.1 Å². The number of nitrogens with one attached hydrogen (secondary N) is 2. The van der Waals surface area contributed by atoms with Crippen molar-refractivity contribution in [3.63, 3.8) is 0 Å². The highest BCUT2D eigenvalue weighted by Gasteiger charge is 2.19. The van der Waals surface area contributed by atoms with Crippen LogP contribution < -0.4 is 16.5 Å². The van der Waals surface area contributed by atoms with E-state index in [1.807, 2.05) is 37.3 Å². The van der Waals surface area contributed by atoms with Crippen molar-refractivity contribution in [2.75, 3.05) is 11.9 Å². The normalized spacial score (nSPS) is 11.7. The second-order valence-electron chi connectivity index (χ2n) is 6.68. The van der Waals surface area contributed by atoms with Gasteiger partial charge in [0.25, 0.3) is 5.91 Å². The molecule has 11 heteroatoms. The van der Waals surface area contributed by atoms with Crippen molar-refractivity contribution < 1.29 is 14.3 Å². The van der Waals surface area contributed by atoms with E-state index in [-0.39, 0.29) is 24.7 Å². The fourth-order valence-corrected chi connectivity index (χ4v) is 2.85. The van der Waals surface area contributed by atoms with E-state index in [1.165, 1.54) is 6.20 Å². The molecule has 0 aliphatic heterocycles. The van der Waals surface area contributed by atoms with Gasteiger partial charge >= 0.3 is 6.09 Å². The van der Waals surface area contributed by atoms with E-state index in [9.17, 15) is 9.59 Å². The molecule has 2 amide bonds. The summed E-state index contributed by atoms with van der Waals surface area (Å²) in [7, 11) is 0. The van der Waals surface area contributed by atoms with Crippen LogP contribution in [0.3, 0.4) is 0 Å². The lowest BCUT2D eigenvalue weighted by Crippen LogP contribution is -2.37. The van der Waals surface area contributed by atoms with Crippen molar-refractivity contribution in [3.8, 4) is 5.69 Å². The monoisotopic (exact) mass is 448 g/mol. The molecular formula is C22H24N8O3. The van der Waals surface area contributed by atoms with E-state index < -0.39 is 12.0 Å². The molecule has 33 heavy (non-hydrogen) atoms. The van der Waals surface area contributed by atoms with Gasteiger partial charge in [0.15, 0.2) is 11.5 Å². The predicted molar refractivity (Wildman–Crippen MR) is 124 cm³/mol. The average molecular weight is 448 g/mol. The Morgan fingerprint density at radius 3 is 2.67 bits per heavy atom. The van der Waals surface area contributed by atoms with Crippen LogP contribution in [0, 0.1) is 6.92 Å². The first-order chi connectivity index (χ1) is 16.0. The molecule has 170 valence electrons. The van der Waals surface area contributed by atoms with E-state index in [4.69, 9.17) is 10.5 Å². The van der Waals surface area contributed by atoms with E-state index in [2.05, 4.69) is 30.8 Å². The number of nitrogens with two attached hydrogens (primary N) is 1. The van der Waals surface area contributed by atoms with E-state index in [0.29, 0.717) is 11.4 Å². The molecule has 2 aromatic heterocycles. The Balaban J connectivity index is 1.68. The van der Waals surface area contributed by atoms with Gasteiger partial charge < -0.3 is 20.4 Å². The highest BCUT2D eigenvalue weighted by Crippen LogP contribution is 2.20. The number of pyridine rings is 1. The highest BCUT2D eigenvalue weighted by molar-refractivity contribution is 6.68. The zero-order valence-electron chi connectivity index (χ0n) is 18.2. The molecule has 11 nitrogen and oxygen atoms in total. The number of hydrazone groups is 1. The fourth-order valence-electron chi connectivity index (χ4n) is 2.85. The van der Waals surface area contributed by atoms with Crippen LogP contribution in [0.2, 0.25) is 0 Å². The van der Waals surface area contributed by atoms with Crippen molar-refractivity contribution >= 4 is 29.2 Å². The predicted octanol–water partition coefficient (Wildman–Crippen LogP) is 2.17. The second-order valence-corrected chi connectivity index (χ2v) is 6.68. The molecule has 0 fully saturated rings. The lowest BCUT2D eigenvalue weighted by Gasteiger charge is -2.13. The van der Waals surface area contributed by atoms with Crippen LogP contribution in [0.4, 0.5) is 10.5 Å². The quantitative estimate of drug-likeness (QED) is 0.273. The lowest BCUT2D eigenvalue weighted by molar-refractivity contribution is -0.110. The number of anilines is 1. The number of aryl methyl sites for hydroxylation is 1. The summed E-state index contributed by atoms with van der Waals surface area (Å²) in [5.41, 5.74) is 9.87. The maximum atomic E-state index is 12.9. The summed E-state index contributed by atoms with van der Waals surface area (Å²) in [5.74, 6) is -0.140. The molecule has 0 bridgehead atoms. The molecule has 0 spiro atoms. The number of aliphatic imine (C=N–C) groups is 1. The number of ether oxygens (including phenoxy) is 1. The third kappa shape index (κ3) is 6.23. The molecule has 4 N–H and O–H groups in total. The molecule has 1 aromatic carbocycles. The molecule has 2 heterocycles. The van der Waals surface area contributed by atoms with E-state index >= 15 is 0 Å². The van der Waals surface area contributed by atoms with Crippen LogP contribution >= 0.6 is 0 Å². The maximum Gasteiger partial charge on any atom is 0.428 e. The standard InChI is InChI=1S/C22H24N8O3/c1-3-25-19(20(23)28-29-22(32)33-14-16-7-5-4-6-8-16)21(31)27-17-13-24-10-9-18(17)30-12-11-26-15(30)2/h4-13H,3,14H2,1-2H3,(H2,23,28)(H,27,31)(H,29,32)/b25-19+. The minimum absolute atomic E-state index is 0.0654. The Bertz CT molecular complexity index is 1170. The fraction of sp³-hybridized carbons (Fsp3) is 0.182. The van der Waals surface area contributed by atoms with Crippen LogP contribution in [-0.4, -0.2) is 44.6 Å². The Labute approximate surface area is 190 Å². The Morgan fingerprint density at radius 2 is 1.97 bits per heavy atom. The Kier molecular flexibility index (Phi) is 7.84. The number of nitrogens with zero attached hydrogens (tertiary/aromatic N) is 5. The van der Waals surface area contributed by atoms with Crippen molar-refractivity contribution in [2.24, 2.45) is 15.8 Å². The Morgan fingerprint density at radius 1 is 1.18 bits per heavy atom. The molecular weight excluding hydrogens is 424 g/mol. The number of amidine groups is 1. The number of imidazole rings is 1. The first kappa shape index (κ1) is 23.1. The summed E-state index contributed by atoms with van der Waals surface area (Å²) < 4.78 is 6.87. The topological polar surface area (TPSA) is 149 Å². The minimum atomic E-state index is -0.816. The molecule has 0 unspecified atom stereocenters. The van der Waals surface area contributed by atoms with Crippen LogP contribution in [0.15, 0.2) is 71.3 Å². The van der Waals surface area contributed by atoms with Crippen LogP contribution in [-0.2, 0) is 16.1 Å². The van der Waals surface area contributed by atoms with Crippen molar-refractivity contribution in [2.45, 2.75) is 20.5 Å². The zero-order valence-corrected chi connectivity index (χ0v) is 18.2. The molecule has 0 saturated heterocycles. The first-order valence-corrected chi connectivity index (χ1v) is 10.1. The molecule has 3 rings (SSSR count). The molecule has 0 atom stereocenters. The molecule has 0 radical (unpaired) electrons. The van der Waals surface area contributed by atoms with Gasteiger partial charge in [-0.25, -0.2) is 15.2 Å². The van der Waals surface area contributed by atoms with Crippen molar-refractivity contribution in [3.05, 3.63) is 72.6 Å². The van der Waals surface area contributed by atoms with E-state index in [0.717, 1.165) is 11.4 Å². The van der Waals surface area contributed by atoms with Gasteiger partial charge in [-0.15, -0.1) is 0 Å². The van der Waals surface area contributed by atoms with Gasteiger partial charge in [0, 0.05) is 25.1 Å². The summed E-state index contributed by atoms with van der Waals surface area (Å²) in [6.07, 6.45) is 5.71. The summed E-state index contributed by atoms with van der Waals surface area (Å²) in [6.45, 7) is 3.92. The number of aromatic nitrogens is 3. The van der Waals surface area contributed by atoms with Gasteiger partial charge in [-0.05, 0) is 25.5 Å². The third-order valence-electron chi connectivity index (χ3n) is 4.39. The number of hydrogen-bond acceptors (Lipinski definition) is 7. The highest BCUT2D eigenvalue weighted by atomic mass is 16.6. The summed E-state index contributed by atoms with van der Waals surface area (Å²) in [4.78, 5) is 37.2. The van der Waals surface area contributed by atoms with Gasteiger partial charge in [0.2, 0.25) is 0 Å². The van der Waals surface area contributed by atoms with Gasteiger partial charge in [0.05, 0.1) is 17.6 Å². The molecule has 3 aromatic rings. The number of carbonyl (C=O) groups is 2. The van der Waals surface area contributed by atoms with Gasteiger partial charge in [0.1, 0.15) is 12.4 Å². The molecule has 0 aliphatic rings. The summed E-state index contributed by atoms with van der Waals surface area (Å²) in [6, 6.07) is 10.9. The largest absolute Gasteiger partial charge is 0.443 e. The van der Waals surface area contributed by atoms with Gasteiger partial charge in [-0.2, -0.15) is 5.10 Å². The third-order valence-corrected chi connectivity index (χ3v) is 4.39. The van der Waals surface area contributed by atoms with Crippen molar-refractivity contribution in [1.29, 1.82) is 0 Å². The zero-order chi connectivity index (χ0) is 23.6. The second kappa shape index (κ2) is 11.2. The van der Waals surface area contributed by atoms with Crippen LogP contribution in [0.5, 0.6) is 0 Å². The number of rotatable bonds is 8. The average Bonchev–Trinajstić information content (AvgIpc) is 3.26. The maximum absolute atomic E-state index is 12.9. The minimum Gasteiger partial charge on any atom is -0.443 e. The lowest BCUT2D eigenvalue weighted by atomic mass is 10.2. The summed E-state index contributed by atoms with van der Waals surface area (Å²) >= 11 is 0.